The van der Waals surface area contributed by atoms with Crippen molar-refractivity contribution in [2.45, 2.75) is 26.8 Å². The van der Waals surface area contributed by atoms with Crippen molar-refractivity contribution in [2.75, 3.05) is 13.2 Å². The van der Waals surface area contributed by atoms with Crippen LogP contribution in [0.25, 0.3) is 10.6 Å². The number of benzene rings is 1. The Kier molecular flexibility index (Phi) is 6.73. The molecule has 0 aliphatic carbocycles. The number of amides is 2. The number of aryl methyl sites for hydroxylation is 1. The normalized spacial score (nSPS) is 16.0. The van der Waals surface area contributed by atoms with Crippen molar-refractivity contribution < 1.29 is 23.9 Å². The fraction of sp³-hybridized carbons (Fsp3) is 0.300. The predicted molar refractivity (Wildman–Crippen MR) is 112 cm³/mol. The predicted octanol–water partition coefficient (Wildman–Crippen LogP) is 3.45. The number of carbonyl (C=O) groups excluding carboxylic acids is 3. The summed E-state index contributed by atoms with van der Waals surface area (Å²) in [5.41, 5.74) is 1.71. The number of hydrogen-bond acceptors (Lipinski definition) is 7. The van der Waals surface area contributed by atoms with Crippen LogP contribution >= 0.6 is 22.9 Å². The summed E-state index contributed by atoms with van der Waals surface area (Å²) in [6.45, 7) is 4.94. The SMILES string of the molecule is CCOC(=O)C1=C(COC(=O)c2sc(-c3cccc(Cl)c3)nc2C)NC(=O)NC1C. The third kappa shape index (κ3) is 4.80. The molecule has 1 aromatic heterocycles. The van der Waals surface area contributed by atoms with E-state index in [0.29, 0.717) is 20.6 Å². The molecule has 0 saturated heterocycles. The molecule has 8 nitrogen and oxygen atoms in total. The first-order valence-electron chi connectivity index (χ1n) is 9.18. The van der Waals surface area contributed by atoms with Gasteiger partial charge in [-0.05, 0) is 32.9 Å². The maximum atomic E-state index is 12.6. The second-order valence-corrected chi connectivity index (χ2v) is 7.89. The molecule has 2 N–H and O–H groups in total. The second-order valence-electron chi connectivity index (χ2n) is 6.45. The molecule has 0 radical (unpaired) electrons. The van der Waals surface area contributed by atoms with Gasteiger partial charge >= 0.3 is 18.0 Å². The van der Waals surface area contributed by atoms with Crippen molar-refractivity contribution in [2.24, 2.45) is 0 Å². The lowest BCUT2D eigenvalue weighted by atomic mass is 10.0. The molecule has 1 unspecified atom stereocenters. The smallest absolute Gasteiger partial charge is 0.350 e. The molecule has 1 aliphatic rings. The van der Waals surface area contributed by atoms with Gasteiger partial charge in [0.15, 0.2) is 0 Å². The quantitative estimate of drug-likeness (QED) is 0.654. The zero-order chi connectivity index (χ0) is 21.8. The minimum absolute atomic E-state index is 0.183. The molecule has 2 heterocycles. The number of nitrogens with one attached hydrogen (secondary N) is 2. The lowest BCUT2D eigenvalue weighted by molar-refractivity contribution is -0.139. The van der Waals surface area contributed by atoms with Crippen LogP contribution in [0.5, 0.6) is 0 Å². The summed E-state index contributed by atoms with van der Waals surface area (Å²) in [5, 5.41) is 6.31. The number of carbonyl (C=O) groups is 3. The Balaban J connectivity index is 1.79. The van der Waals surface area contributed by atoms with Crippen LogP contribution in [0.1, 0.15) is 29.2 Å². The van der Waals surface area contributed by atoms with E-state index in [1.54, 1.807) is 39.0 Å². The number of rotatable bonds is 6. The van der Waals surface area contributed by atoms with Gasteiger partial charge in [-0.25, -0.2) is 19.4 Å². The number of esters is 2. The summed E-state index contributed by atoms with van der Waals surface area (Å²) in [6, 6.07) is 6.10. The molecule has 0 saturated carbocycles. The number of urea groups is 1. The molecule has 0 bridgehead atoms. The number of aromatic nitrogens is 1. The summed E-state index contributed by atoms with van der Waals surface area (Å²) in [4.78, 5) is 41.4. The fourth-order valence-corrected chi connectivity index (χ4v) is 4.07. The van der Waals surface area contributed by atoms with Crippen molar-refractivity contribution in [1.29, 1.82) is 0 Å². The van der Waals surface area contributed by atoms with Crippen molar-refractivity contribution in [3.8, 4) is 10.6 Å². The van der Waals surface area contributed by atoms with E-state index in [0.717, 1.165) is 5.56 Å². The summed E-state index contributed by atoms with van der Waals surface area (Å²) >= 11 is 7.21. The van der Waals surface area contributed by atoms with E-state index in [1.807, 2.05) is 6.07 Å². The molecular weight excluding hydrogens is 430 g/mol. The van der Waals surface area contributed by atoms with E-state index in [9.17, 15) is 14.4 Å². The van der Waals surface area contributed by atoms with Crippen LogP contribution < -0.4 is 10.6 Å². The first-order chi connectivity index (χ1) is 14.3. The monoisotopic (exact) mass is 449 g/mol. The van der Waals surface area contributed by atoms with Crippen LogP contribution in [0.2, 0.25) is 5.02 Å². The Morgan fingerprint density at radius 3 is 2.73 bits per heavy atom. The van der Waals surface area contributed by atoms with Crippen LogP contribution in [0, 0.1) is 6.92 Å². The number of nitrogens with zero attached hydrogens (tertiary/aromatic N) is 1. The van der Waals surface area contributed by atoms with Gasteiger partial charge in [0.1, 0.15) is 16.5 Å². The van der Waals surface area contributed by atoms with Crippen molar-refractivity contribution >= 4 is 40.9 Å². The molecule has 0 fully saturated rings. The summed E-state index contributed by atoms with van der Waals surface area (Å²) in [6.07, 6.45) is 0. The topological polar surface area (TPSA) is 107 Å². The number of halogens is 1. The average molecular weight is 450 g/mol. The Bertz CT molecular complexity index is 1030. The van der Waals surface area contributed by atoms with Crippen LogP contribution in [-0.4, -0.2) is 42.2 Å². The van der Waals surface area contributed by atoms with Gasteiger partial charge in [0.25, 0.3) is 0 Å². The van der Waals surface area contributed by atoms with Gasteiger partial charge in [0.2, 0.25) is 0 Å². The van der Waals surface area contributed by atoms with Crippen LogP contribution in [0.15, 0.2) is 35.5 Å². The Morgan fingerprint density at radius 1 is 1.27 bits per heavy atom. The van der Waals surface area contributed by atoms with E-state index in [1.165, 1.54) is 11.3 Å². The van der Waals surface area contributed by atoms with Gasteiger partial charge < -0.3 is 20.1 Å². The molecule has 0 spiro atoms. The lowest BCUT2D eigenvalue weighted by Crippen LogP contribution is -2.50. The lowest BCUT2D eigenvalue weighted by Gasteiger charge is -2.26. The maximum absolute atomic E-state index is 12.6. The third-order valence-electron chi connectivity index (χ3n) is 4.27. The standard InChI is InChI=1S/C20H20ClN3O5S/c1-4-28-18(25)15-10(2)23-20(27)24-14(15)9-29-19(26)16-11(3)22-17(30-16)12-6-5-7-13(21)8-12/h5-8,10H,4,9H2,1-3H3,(H2,23,24,27). The summed E-state index contributed by atoms with van der Waals surface area (Å²) in [7, 11) is 0. The van der Waals surface area contributed by atoms with Gasteiger partial charge in [-0.15, -0.1) is 11.3 Å². The molecule has 2 aromatic rings. The Labute approximate surface area is 182 Å². The van der Waals surface area contributed by atoms with Crippen LogP contribution in [0.4, 0.5) is 4.79 Å². The maximum Gasteiger partial charge on any atom is 0.350 e. The molecule has 30 heavy (non-hydrogen) atoms. The zero-order valence-corrected chi connectivity index (χ0v) is 18.1. The van der Waals surface area contributed by atoms with Gasteiger partial charge in [-0.1, -0.05) is 23.7 Å². The minimum atomic E-state index is -0.602. The highest BCUT2D eigenvalue weighted by atomic mass is 35.5. The fourth-order valence-electron chi connectivity index (χ4n) is 2.93. The third-order valence-corrected chi connectivity index (χ3v) is 5.69. The molecule has 1 atom stereocenters. The van der Waals surface area contributed by atoms with Gasteiger partial charge in [0.05, 0.1) is 29.6 Å². The summed E-state index contributed by atoms with van der Waals surface area (Å²) in [5.74, 6) is -1.19. The first-order valence-corrected chi connectivity index (χ1v) is 10.4. The first kappa shape index (κ1) is 21.8. The molecule has 158 valence electrons. The molecule has 1 aliphatic heterocycles. The van der Waals surface area contributed by atoms with E-state index < -0.39 is 24.0 Å². The molecule has 3 rings (SSSR count). The Hall–Kier alpha value is -2.91. The molecule has 2 amide bonds. The number of hydrogen-bond donors (Lipinski definition) is 2. The Morgan fingerprint density at radius 2 is 2.03 bits per heavy atom. The average Bonchev–Trinajstić information content (AvgIpc) is 3.07. The van der Waals surface area contributed by atoms with Crippen molar-refractivity contribution in [3.05, 3.63) is 51.1 Å². The highest BCUT2D eigenvalue weighted by Gasteiger charge is 2.30. The van der Waals surface area contributed by atoms with Crippen LogP contribution in [0.3, 0.4) is 0 Å². The van der Waals surface area contributed by atoms with Crippen LogP contribution in [-0.2, 0) is 14.3 Å². The molecule has 10 heteroatoms. The molecular formula is C20H20ClN3O5S. The summed E-state index contributed by atoms with van der Waals surface area (Å²) < 4.78 is 10.4. The van der Waals surface area contributed by atoms with Gasteiger partial charge in [0, 0.05) is 10.6 Å². The van der Waals surface area contributed by atoms with E-state index in [-0.39, 0.29) is 24.5 Å². The van der Waals surface area contributed by atoms with Crippen molar-refractivity contribution in [1.82, 2.24) is 15.6 Å². The molecule has 1 aromatic carbocycles. The van der Waals surface area contributed by atoms with Crippen molar-refractivity contribution in [3.63, 3.8) is 0 Å². The second kappa shape index (κ2) is 9.27. The highest BCUT2D eigenvalue weighted by Crippen LogP contribution is 2.30. The highest BCUT2D eigenvalue weighted by molar-refractivity contribution is 7.17. The zero-order valence-electron chi connectivity index (χ0n) is 16.6. The van der Waals surface area contributed by atoms with E-state index in [2.05, 4.69) is 15.6 Å². The number of thiazole rings is 1. The minimum Gasteiger partial charge on any atom is -0.463 e. The largest absolute Gasteiger partial charge is 0.463 e. The van der Waals surface area contributed by atoms with Gasteiger partial charge in [-0.3, -0.25) is 0 Å². The van der Waals surface area contributed by atoms with E-state index in [4.69, 9.17) is 21.1 Å². The van der Waals surface area contributed by atoms with Gasteiger partial charge in [-0.2, -0.15) is 0 Å². The van der Waals surface area contributed by atoms with E-state index >= 15 is 0 Å². The number of ether oxygens (including phenoxy) is 2.